The fraction of sp³-hybridized carbons (Fsp3) is 0.480. The summed E-state index contributed by atoms with van der Waals surface area (Å²) in [5, 5.41) is 3.14. The maximum atomic E-state index is 12.8. The van der Waals surface area contributed by atoms with Crippen LogP contribution in [-0.4, -0.2) is 41.3 Å². The fourth-order valence-electron chi connectivity index (χ4n) is 5.37. The van der Waals surface area contributed by atoms with E-state index in [1.165, 1.54) is 24.0 Å². The Morgan fingerprint density at radius 3 is 2.63 bits per heavy atom. The van der Waals surface area contributed by atoms with Gasteiger partial charge < -0.3 is 10.2 Å². The third-order valence-corrected chi connectivity index (χ3v) is 7.24. The third-order valence-electron chi connectivity index (χ3n) is 7.24. The van der Waals surface area contributed by atoms with Gasteiger partial charge >= 0.3 is 0 Å². The zero-order chi connectivity index (χ0) is 20.6. The van der Waals surface area contributed by atoms with Crippen molar-refractivity contribution in [2.45, 2.75) is 49.9 Å². The van der Waals surface area contributed by atoms with Gasteiger partial charge in [0.15, 0.2) is 0 Å². The predicted molar refractivity (Wildman–Crippen MR) is 115 cm³/mol. The van der Waals surface area contributed by atoms with Crippen molar-refractivity contribution in [1.82, 2.24) is 15.2 Å². The van der Waals surface area contributed by atoms with Crippen LogP contribution in [0, 0.1) is 5.92 Å². The molecule has 5 rings (SSSR count). The van der Waals surface area contributed by atoms with E-state index in [4.69, 9.17) is 0 Å². The highest BCUT2D eigenvalue weighted by molar-refractivity contribution is 5.94. The number of likely N-dealkylation sites (tertiary alicyclic amines) is 1. The number of hydrogen-bond acceptors (Lipinski definition) is 3. The smallest absolute Gasteiger partial charge is 0.255 e. The average molecular weight is 404 g/mol. The Kier molecular flexibility index (Phi) is 5.05. The Balaban J connectivity index is 1.28. The highest BCUT2D eigenvalue weighted by atomic mass is 16.2. The predicted octanol–water partition coefficient (Wildman–Crippen LogP) is 3.66. The molecule has 1 unspecified atom stereocenters. The molecule has 2 aliphatic carbocycles. The van der Waals surface area contributed by atoms with Crippen molar-refractivity contribution >= 4 is 11.8 Å². The third kappa shape index (κ3) is 3.73. The summed E-state index contributed by atoms with van der Waals surface area (Å²) in [5.74, 6) is 1.24. The standard InChI is InChI=1S/C25H29N3O2/c29-23(27-16-18-7-8-18)14-20-15-25(22-6-2-1-5-21(20)22)9-12-28(13-10-25)24(30)19-4-3-11-26-17-19/h1-6,11,17-18,20H,7-10,12-16H2,(H,27,29). The summed E-state index contributed by atoms with van der Waals surface area (Å²) in [6.07, 6.45) is 9.34. The lowest BCUT2D eigenvalue weighted by molar-refractivity contribution is -0.121. The van der Waals surface area contributed by atoms with Gasteiger partial charge in [-0.3, -0.25) is 14.6 Å². The molecule has 1 saturated heterocycles. The van der Waals surface area contributed by atoms with E-state index in [1.807, 2.05) is 17.0 Å². The van der Waals surface area contributed by atoms with E-state index in [2.05, 4.69) is 34.6 Å². The van der Waals surface area contributed by atoms with E-state index in [9.17, 15) is 9.59 Å². The number of hydrogen-bond donors (Lipinski definition) is 1. The SMILES string of the molecule is O=C(CC1CC2(CCN(C(=O)c3cccnc3)CC2)c2ccccc21)NCC1CC1. The zero-order valence-corrected chi connectivity index (χ0v) is 17.3. The number of piperidine rings is 1. The normalized spacial score (nSPS) is 22.0. The maximum Gasteiger partial charge on any atom is 0.255 e. The first-order valence-corrected chi connectivity index (χ1v) is 11.2. The molecular weight excluding hydrogens is 374 g/mol. The van der Waals surface area contributed by atoms with E-state index >= 15 is 0 Å². The van der Waals surface area contributed by atoms with Crippen LogP contribution < -0.4 is 5.32 Å². The van der Waals surface area contributed by atoms with Crippen molar-refractivity contribution in [2.75, 3.05) is 19.6 Å². The molecule has 1 atom stereocenters. The van der Waals surface area contributed by atoms with Crippen molar-refractivity contribution < 1.29 is 9.59 Å². The Morgan fingerprint density at radius 1 is 1.10 bits per heavy atom. The Labute approximate surface area is 177 Å². The second-order valence-corrected chi connectivity index (χ2v) is 9.25. The minimum absolute atomic E-state index is 0.0697. The van der Waals surface area contributed by atoms with Crippen molar-refractivity contribution in [3.63, 3.8) is 0 Å². The van der Waals surface area contributed by atoms with Crippen molar-refractivity contribution in [1.29, 1.82) is 0 Å². The van der Waals surface area contributed by atoms with E-state index in [0.29, 0.717) is 17.9 Å². The molecule has 3 aliphatic rings. The Bertz CT molecular complexity index is 930. The molecule has 0 bridgehead atoms. The number of fused-ring (bicyclic) bond motifs is 2. The van der Waals surface area contributed by atoms with Crippen LogP contribution in [0.4, 0.5) is 0 Å². The van der Waals surface area contributed by atoms with Gasteiger partial charge in [-0.25, -0.2) is 0 Å². The van der Waals surface area contributed by atoms with Gasteiger partial charge in [-0.2, -0.15) is 0 Å². The number of pyridine rings is 1. The summed E-state index contributed by atoms with van der Waals surface area (Å²) in [7, 11) is 0. The summed E-state index contributed by atoms with van der Waals surface area (Å²) in [5.41, 5.74) is 3.49. The number of amides is 2. The summed E-state index contributed by atoms with van der Waals surface area (Å²) >= 11 is 0. The first-order valence-electron chi connectivity index (χ1n) is 11.2. The van der Waals surface area contributed by atoms with Crippen LogP contribution in [-0.2, 0) is 10.2 Å². The molecule has 156 valence electrons. The van der Waals surface area contributed by atoms with Gasteiger partial charge in [0.1, 0.15) is 0 Å². The molecule has 5 heteroatoms. The van der Waals surface area contributed by atoms with Crippen molar-refractivity contribution in [3.05, 3.63) is 65.5 Å². The van der Waals surface area contributed by atoms with E-state index in [1.54, 1.807) is 12.4 Å². The molecule has 2 amide bonds. The maximum absolute atomic E-state index is 12.8. The molecule has 30 heavy (non-hydrogen) atoms. The molecule has 1 aromatic carbocycles. The highest BCUT2D eigenvalue weighted by Gasteiger charge is 2.46. The molecule has 5 nitrogen and oxygen atoms in total. The van der Waals surface area contributed by atoms with Gasteiger partial charge in [-0.05, 0) is 72.6 Å². The molecule has 2 fully saturated rings. The van der Waals surface area contributed by atoms with E-state index in [0.717, 1.165) is 38.9 Å². The second kappa shape index (κ2) is 7.86. The van der Waals surface area contributed by atoms with Crippen LogP contribution in [0.15, 0.2) is 48.8 Å². The molecule has 1 saturated carbocycles. The molecular formula is C25H29N3O2. The molecule has 1 aromatic heterocycles. The van der Waals surface area contributed by atoms with Gasteiger partial charge in [0.2, 0.25) is 5.91 Å². The molecule has 2 aromatic rings. The van der Waals surface area contributed by atoms with Gasteiger partial charge in [0.05, 0.1) is 5.56 Å². The summed E-state index contributed by atoms with van der Waals surface area (Å²) in [6, 6.07) is 12.3. The summed E-state index contributed by atoms with van der Waals surface area (Å²) < 4.78 is 0. The number of rotatable bonds is 5. The summed E-state index contributed by atoms with van der Waals surface area (Å²) in [4.78, 5) is 31.4. The first-order chi connectivity index (χ1) is 14.6. The van der Waals surface area contributed by atoms with Crippen LogP contribution in [0.1, 0.15) is 65.9 Å². The number of carbonyl (C=O) groups excluding carboxylic acids is 2. The molecule has 1 N–H and O–H groups in total. The summed E-state index contributed by atoms with van der Waals surface area (Å²) in [6.45, 7) is 2.34. The molecule has 1 spiro atoms. The Hall–Kier alpha value is -2.69. The lowest BCUT2D eigenvalue weighted by Gasteiger charge is -2.40. The van der Waals surface area contributed by atoms with Crippen LogP contribution >= 0.6 is 0 Å². The van der Waals surface area contributed by atoms with E-state index in [-0.39, 0.29) is 23.1 Å². The Morgan fingerprint density at radius 2 is 1.90 bits per heavy atom. The topological polar surface area (TPSA) is 62.3 Å². The number of benzene rings is 1. The minimum Gasteiger partial charge on any atom is -0.356 e. The fourth-order valence-corrected chi connectivity index (χ4v) is 5.37. The highest BCUT2D eigenvalue weighted by Crippen LogP contribution is 2.52. The largest absolute Gasteiger partial charge is 0.356 e. The van der Waals surface area contributed by atoms with Gasteiger partial charge in [0.25, 0.3) is 5.91 Å². The number of nitrogens with one attached hydrogen (secondary N) is 1. The van der Waals surface area contributed by atoms with Crippen LogP contribution in [0.25, 0.3) is 0 Å². The lowest BCUT2D eigenvalue weighted by atomic mass is 9.73. The number of nitrogens with zero attached hydrogens (tertiary/aromatic N) is 2. The van der Waals surface area contributed by atoms with Gasteiger partial charge in [-0.15, -0.1) is 0 Å². The van der Waals surface area contributed by atoms with Crippen molar-refractivity contribution in [2.24, 2.45) is 5.92 Å². The van der Waals surface area contributed by atoms with Crippen LogP contribution in [0.5, 0.6) is 0 Å². The molecule has 0 radical (unpaired) electrons. The monoisotopic (exact) mass is 403 g/mol. The van der Waals surface area contributed by atoms with Crippen LogP contribution in [0.2, 0.25) is 0 Å². The van der Waals surface area contributed by atoms with Crippen LogP contribution in [0.3, 0.4) is 0 Å². The van der Waals surface area contributed by atoms with E-state index < -0.39 is 0 Å². The number of aromatic nitrogens is 1. The quantitative estimate of drug-likeness (QED) is 0.829. The second-order valence-electron chi connectivity index (χ2n) is 9.25. The number of carbonyl (C=O) groups is 2. The zero-order valence-electron chi connectivity index (χ0n) is 17.3. The van der Waals surface area contributed by atoms with Crippen molar-refractivity contribution in [3.8, 4) is 0 Å². The van der Waals surface area contributed by atoms with Gasteiger partial charge in [0, 0.05) is 38.4 Å². The molecule has 1 aliphatic heterocycles. The minimum atomic E-state index is 0.0697. The molecule has 2 heterocycles. The average Bonchev–Trinajstić information content (AvgIpc) is 3.58. The van der Waals surface area contributed by atoms with Gasteiger partial charge in [-0.1, -0.05) is 24.3 Å². The first kappa shape index (κ1) is 19.3. The lowest BCUT2D eigenvalue weighted by Crippen LogP contribution is -2.44.